The Labute approximate surface area is 108 Å². The first kappa shape index (κ1) is 12.7. The SMILES string of the molecule is Cl.NC1CCN(Cc2ccc3c(c2)CCO3)C1. The Kier molecular flexibility index (Phi) is 3.92. The van der Waals surface area contributed by atoms with Crippen LogP contribution in [0.15, 0.2) is 18.2 Å². The Bertz CT molecular complexity index is 397. The van der Waals surface area contributed by atoms with Crippen LogP contribution in [0.25, 0.3) is 0 Å². The molecule has 3 nitrogen and oxygen atoms in total. The molecule has 1 unspecified atom stereocenters. The van der Waals surface area contributed by atoms with Crippen molar-refractivity contribution in [3.63, 3.8) is 0 Å². The molecule has 1 aromatic rings. The fourth-order valence-electron chi connectivity index (χ4n) is 2.60. The highest BCUT2D eigenvalue weighted by atomic mass is 35.5. The maximum atomic E-state index is 5.91. The zero-order valence-electron chi connectivity index (χ0n) is 9.89. The number of nitrogens with zero attached hydrogens (tertiary/aromatic N) is 1. The average Bonchev–Trinajstić information content (AvgIpc) is 2.87. The Hall–Kier alpha value is -0.770. The third kappa shape index (κ3) is 2.73. The molecule has 17 heavy (non-hydrogen) atoms. The van der Waals surface area contributed by atoms with Crippen LogP contribution in [-0.4, -0.2) is 30.6 Å². The van der Waals surface area contributed by atoms with E-state index in [4.69, 9.17) is 10.5 Å². The highest BCUT2D eigenvalue weighted by Crippen LogP contribution is 2.26. The lowest BCUT2D eigenvalue weighted by atomic mass is 10.1. The van der Waals surface area contributed by atoms with Gasteiger partial charge in [-0.3, -0.25) is 4.90 Å². The monoisotopic (exact) mass is 254 g/mol. The molecule has 0 amide bonds. The normalized spacial score (nSPS) is 23.0. The van der Waals surface area contributed by atoms with Gasteiger partial charge in [0.15, 0.2) is 0 Å². The summed E-state index contributed by atoms with van der Waals surface area (Å²) in [6.07, 6.45) is 2.19. The predicted molar refractivity (Wildman–Crippen MR) is 70.8 cm³/mol. The van der Waals surface area contributed by atoms with Gasteiger partial charge in [0, 0.05) is 32.1 Å². The van der Waals surface area contributed by atoms with Gasteiger partial charge in [-0.05, 0) is 23.6 Å². The molecule has 2 aliphatic heterocycles. The summed E-state index contributed by atoms with van der Waals surface area (Å²) in [4.78, 5) is 2.43. The summed E-state index contributed by atoms with van der Waals surface area (Å²) >= 11 is 0. The van der Waals surface area contributed by atoms with Gasteiger partial charge in [-0.2, -0.15) is 0 Å². The Morgan fingerprint density at radius 3 is 3.06 bits per heavy atom. The molecule has 1 atom stereocenters. The molecule has 0 radical (unpaired) electrons. The first-order valence-electron chi connectivity index (χ1n) is 6.04. The van der Waals surface area contributed by atoms with Crippen LogP contribution in [-0.2, 0) is 13.0 Å². The van der Waals surface area contributed by atoms with Gasteiger partial charge >= 0.3 is 0 Å². The van der Waals surface area contributed by atoms with E-state index in [0.29, 0.717) is 6.04 Å². The van der Waals surface area contributed by atoms with E-state index >= 15 is 0 Å². The maximum Gasteiger partial charge on any atom is 0.122 e. The highest BCUT2D eigenvalue weighted by Gasteiger charge is 2.19. The molecule has 0 saturated carbocycles. The van der Waals surface area contributed by atoms with E-state index in [1.165, 1.54) is 11.1 Å². The first-order chi connectivity index (χ1) is 7.81. The predicted octanol–water partition coefficient (Wildman–Crippen LogP) is 1.58. The van der Waals surface area contributed by atoms with Gasteiger partial charge in [0.1, 0.15) is 5.75 Å². The average molecular weight is 255 g/mol. The summed E-state index contributed by atoms with van der Waals surface area (Å²) in [7, 11) is 0. The second-order valence-corrected chi connectivity index (χ2v) is 4.82. The summed E-state index contributed by atoms with van der Waals surface area (Å²) in [5, 5.41) is 0. The molecule has 3 rings (SSSR count). The van der Waals surface area contributed by atoms with Crippen molar-refractivity contribution in [2.24, 2.45) is 5.73 Å². The fraction of sp³-hybridized carbons (Fsp3) is 0.538. The van der Waals surface area contributed by atoms with Crippen molar-refractivity contribution in [1.82, 2.24) is 4.90 Å². The maximum absolute atomic E-state index is 5.91. The van der Waals surface area contributed by atoms with Gasteiger partial charge in [-0.15, -0.1) is 12.4 Å². The minimum absolute atomic E-state index is 0. The van der Waals surface area contributed by atoms with Crippen molar-refractivity contribution >= 4 is 12.4 Å². The largest absolute Gasteiger partial charge is 0.493 e. The summed E-state index contributed by atoms with van der Waals surface area (Å²) in [6.45, 7) is 4.04. The number of ether oxygens (including phenoxy) is 1. The van der Waals surface area contributed by atoms with Crippen LogP contribution < -0.4 is 10.5 Å². The van der Waals surface area contributed by atoms with Crippen LogP contribution in [0.1, 0.15) is 17.5 Å². The van der Waals surface area contributed by atoms with Crippen molar-refractivity contribution in [2.75, 3.05) is 19.7 Å². The number of hydrogen-bond donors (Lipinski definition) is 1. The molecule has 0 bridgehead atoms. The quantitative estimate of drug-likeness (QED) is 0.871. The minimum atomic E-state index is 0. The van der Waals surface area contributed by atoms with Crippen molar-refractivity contribution < 1.29 is 4.74 Å². The molecular weight excluding hydrogens is 236 g/mol. The number of likely N-dealkylation sites (tertiary alicyclic amines) is 1. The molecule has 0 aliphatic carbocycles. The van der Waals surface area contributed by atoms with Crippen LogP contribution in [0.4, 0.5) is 0 Å². The summed E-state index contributed by atoms with van der Waals surface area (Å²) in [5.74, 6) is 1.07. The first-order valence-corrected chi connectivity index (χ1v) is 6.04. The molecular formula is C13H19ClN2O. The van der Waals surface area contributed by atoms with Crippen LogP contribution in [0.2, 0.25) is 0 Å². The van der Waals surface area contributed by atoms with E-state index in [1.807, 2.05) is 0 Å². The number of rotatable bonds is 2. The number of fused-ring (bicyclic) bond motifs is 1. The van der Waals surface area contributed by atoms with Gasteiger partial charge < -0.3 is 10.5 Å². The van der Waals surface area contributed by atoms with Crippen LogP contribution in [0.5, 0.6) is 5.75 Å². The van der Waals surface area contributed by atoms with Crippen molar-refractivity contribution in [3.05, 3.63) is 29.3 Å². The molecule has 2 N–H and O–H groups in total. The van der Waals surface area contributed by atoms with E-state index < -0.39 is 0 Å². The summed E-state index contributed by atoms with van der Waals surface area (Å²) in [5.41, 5.74) is 8.66. The number of hydrogen-bond acceptors (Lipinski definition) is 3. The Morgan fingerprint density at radius 2 is 2.29 bits per heavy atom. The fourth-order valence-corrected chi connectivity index (χ4v) is 2.60. The van der Waals surface area contributed by atoms with E-state index in [2.05, 4.69) is 23.1 Å². The molecule has 1 saturated heterocycles. The van der Waals surface area contributed by atoms with Gasteiger partial charge in [-0.1, -0.05) is 12.1 Å². The third-order valence-corrected chi connectivity index (χ3v) is 3.47. The molecule has 94 valence electrons. The van der Waals surface area contributed by atoms with Crippen molar-refractivity contribution in [2.45, 2.75) is 25.4 Å². The van der Waals surface area contributed by atoms with Crippen molar-refractivity contribution in [1.29, 1.82) is 0 Å². The lowest BCUT2D eigenvalue weighted by Gasteiger charge is -2.15. The van der Waals surface area contributed by atoms with E-state index in [0.717, 1.165) is 44.8 Å². The standard InChI is InChI=1S/C13H18N2O.ClH/c14-12-3-5-15(9-12)8-10-1-2-13-11(7-10)4-6-16-13;/h1-2,7,12H,3-6,8-9,14H2;1H. The molecule has 2 heterocycles. The molecule has 2 aliphatic rings. The number of nitrogens with two attached hydrogens (primary N) is 1. The lowest BCUT2D eigenvalue weighted by molar-refractivity contribution is 0.326. The van der Waals surface area contributed by atoms with Crippen LogP contribution in [0.3, 0.4) is 0 Å². The molecule has 1 aromatic carbocycles. The zero-order chi connectivity index (χ0) is 11.0. The van der Waals surface area contributed by atoms with Crippen molar-refractivity contribution in [3.8, 4) is 5.75 Å². The second kappa shape index (κ2) is 5.25. The number of benzene rings is 1. The van der Waals surface area contributed by atoms with Crippen LogP contribution in [0, 0.1) is 0 Å². The third-order valence-electron chi connectivity index (χ3n) is 3.47. The van der Waals surface area contributed by atoms with Gasteiger partial charge in [0.05, 0.1) is 6.61 Å². The Balaban J connectivity index is 0.00000108. The van der Waals surface area contributed by atoms with Gasteiger partial charge in [0.25, 0.3) is 0 Å². The number of halogens is 1. The van der Waals surface area contributed by atoms with E-state index in [9.17, 15) is 0 Å². The highest BCUT2D eigenvalue weighted by molar-refractivity contribution is 5.85. The Morgan fingerprint density at radius 1 is 1.41 bits per heavy atom. The molecule has 1 fully saturated rings. The van der Waals surface area contributed by atoms with Crippen LogP contribution >= 0.6 is 12.4 Å². The van der Waals surface area contributed by atoms with Gasteiger partial charge in [-0.25, -0.2) is 0 Å². The molecule has 4 heteroatoms. The summed E-state index contributed by atoms with van der Waals surface area (Å²) in [6, 6.07) is 6.94. The summed E-state index contributed by atoms with van der Waals surface area (Å²) < 4.78 is 5.51. The topological polar surface area (TPSA) is 38.5 Å². The second-order valence-electron chi connectivity index (χ2n) is 4.82. The molecule has 0 aromatic heterocycles. The van der Waals surface area contributed by atoms with Gasteiger partial charge in [0.2, 0.25) is 0 Å². The lowest BCUT2D eigenvalue weighted by Crippen LogP contribution is -2.26. The zero-order valence-corrected chi connectivity index (χ0v) is 10.7. The van der Waals surface area contributed by atoms with E-state index in [-0.39, 0.29) is 12.4 Å². The van der Waals surface area contributed by atoms with E-state index in [1.54, 1.807) is 0 Å². The minimum Gasteiger partial charge on any atom is -0.493 e. The molecule has 0 spiro atoms. The smallest absolute Gasteiger partial charge is 0.122 e.